The van der Waals surface area contributed by atoms with Gasteiger partial charge in [0.1, 0.15) is 6.04 Å². The van der Waals surface area contributed by atoms with Gasteiger partial charge in [0.25, 0.3) is 5.91 Å². The fraction of sp³-hybridized carbons (Fsp3) is 0.303. The number of carboxylic acids is 1. The number of aromatic nitrogens is 1. The van der Waals surface area contributed by atoms with Crippen LogP contribution in [0.15, 0.2) is 72.8 Å². The Kier molecular flexibility index (Phi) is 11.6. The number of aliphatic carboxylic acids is 1. The number of hydrogen-bond acceptors (Lipinski definition) is 7. The normalized spacial score (nSPS) is 14.1. The second-order valence-corrected chi connectivity index (χ2v) is 11.9. The molecule has 0 aliphatic heterocycles. The summed E-state index contributed by atoms with van der Waals surface area (Å²) in [6.07, 6.45) is 0.980. The van der Waals surface area contributed by atoms with Gasteiger partial charge in [0.2, 0.25) is 11.7 Å². The molecule has 0 spiro atoms. The molecular weight excluding hydrogens is 621 g/mol. The molecular formula is C33H33F3N4O5S. The van der Waals surface area contributed by atoms with Crippen LogP contribution in [0, 0.1) is 5.92 Å². The first-order valence-electron chi connectivity index (χ1n) is 14.6. The molecule has 46 heavy (non-hydrogen) atoms. The van der Waals surface area contributed by atoms with E-state index in [1.165, 1.54) is 17.8 Å². The van der Waals surface area contributed by atoms with E-state index < -0.39 is 18.2 Å². The number of ketones is 1. The van der Waals surface area contributed by atoms with Crippen LogP contribution in [0.5, 0.6) is 0 Å². The molecule has 1 fully saturated rings. The number of Topliss-reactive ketones (excluding diaryl/α,β-unsaturated/α-hetero) is 1. The van der Waals surface area contributed by atoms with Gasteiger partial charge in [-0.25, -0.2) is 9.78 Å². The number of nitrogens with two attached hydrogens (primary N) is 1. The second-order valence-electron chi connectivity index (χ2n) is 10.8. The number of amides is 2. The van der Waals surface area contributed by atoms with E-state index in [2.05, 4.69) is 15.6 Å². The highest BCUT2D eigenvalue weighted by Crippen LogP contribution is 2.30. The third kappa shape index (κ3) is 9.44. The van der Waals surface area contributed by atoms with Gasteiger partial charge in [-0.15, -0.1) is 11.3 Å². The number of nitrogens with one attached hydrogen (secondary N) is 2. The third-order valence-electron chi connectivity index (χ3n) is 7.45. The monoisotopic (exact) mass is 654 g/mol. The Labute approximate surface area is 267 Å². The third-order valence-corrected chi connectivity index (χ3v) is 8.48. The van der Waals surface area contributed by atoms with E-state index >= 15 is 0 Å². The molecule has 1 saturated carbocycles. The highest BCUT2D eigenvalue weighted by molar-refractivity contribution is 7.20. The van der Waals surface area contributed by atoms with Crippen LogP contribution < -0.4 is 16.4 Å². The molecule has 4 aromatic rings. The van der Waals surface area contributed by atoms with Crippen LogP contribution in [0.4, 0.5) is 18.9 Å². The van der Waals surface area contributed by atoms with Gasteiger partial charge in [-0.3, -0.25) is 14.4 Å². The Morgan fingerprint density at radius 2 is 1.61 bits per heavy atom. The molecule has 3 aromatic carbocycles. The zero-order valence-corrected chi connectivity index (χ0v) is 25.5. The molecule has 1 atom stereocenters. The summed E-state index contributed by atoms with van der Waals surface area (Å²) in [6.45, 7) is 0.397. The SMILES string of the molecule is NCc1ccc(C(NC(=O)CC2CCCCC2)C(=O)c2nc3ccc(NC(=O)c4ccccc4)cc3s2)cc1.O=C(O)C(F)(F)F. The molecule has 0 saturated heterocycles. The van der Waals surface area contributed by atoms with Gasteiger partial charge in [0, 0.05) is 24.2 Å². The van der Waals surface area contributed by atoms with Crippen LogP contribution >= 0.6 is 11.3 Å². The van der Waals surface area contributed by atoms with Crippen LogP contribution in [-0.2, 0) is 16.1 Å². The summed E-state index contributed by atoms with van der Waals surface area (Å²) < 4.78 is 32.5. The summed E-state index contributed by atoms with van der Waals surface area (Å²) in [5.41, 5.74) is 9.24. The summed E-state index contributed by atoms with van der Waals surface area (Å²) in [5.74, 6) is -2.98. The molecule has 1 unspecified atom stereocenters. The maximum absolute atomic E-state index is 13.8. The van der Waals surface area contributed by atoms with Crippen molar-refractivity contribution in [2.75, 3.05) is 5.32 Å². The van der Waals surface area contributed by atoms with Crippen molar-refractivity contribution in [3.63, 3.8) is 0 Å². The first-order chi connectivity index (χ1) is 21.9. The average molecular weight is 655 g/mol. The lowest BCUT2D eigenvalue weighted by atomic mass is 9.86. The Morgan fingerprint density at radius 3 is 2.22 bits per heavy atom. The number of rotatable bonds is 9. The van der Waals surface area contributed by atoms with E-state index in [1.54, 1.807) is 24.3 Å². The van der Waals surface area contributed by atoms with Crippen molar-refractivity contribution in [2.45, 2.75) is 57.3 Å². The van der Waals surface area contributed by atoms with Gasteiger partial charge in [0.15, 0.2) is 5.01 Å². The zero-order valence-electron chi connectivity index (χ0n) is 24.7. The topological polar surface area (TPSA) is 151 Å². The molecule has 13 heteroatoms. The maximum atomic E-state index is 13.8. The molecule has 1 aromatic heterocycles. The van der Waals surface area contributed by atoms with Gasteiger partial charge >= 0.3 is 12.1 Å². The van der Waals surface area contributed by atoms with Crippen molar-refractivity contribution in [1.82, 2.24) is 10.3 Å². The molecule has 1 aliphatic carbocycles. The lowest BCUT2D eigenvalue weighted by molar-refractivity contribution is -0.192. The Balaban J connectivity index is 0.000000617. The number of thiazole rings is 1. The number of hydrogen-bond donors (Lipinski definition) is 4. The van der Waals surface area contributed by atoms with E-state index in [9.17, 15) is 27.6 Å². The molecule has 242 valence electrons. The van der Waals surface area contributed by atoms with Gasteiger partial charge in [-0.05, 0) is 60.2 Å². The molecule has 5 N–H and O–H groups in total. The molecule has 1 aliphatic rings. The van der Waals surface area contributed by atoms with Crippen molar-refractivity contribution < 1.29 is 37.5 Å². The lowest BCUT2D eigenvalue weighted by Crippen LogP contribution is -2.35. The van der Waals surface area contributed by atoms with Crippen LogP contribution in [0.1, 0.15) is 75.9 Å². The van der Waals surface area contributed by atoms with Crippen molar-refractivity contribution in [3.05, 3.63) is 94.5 Å². The van der Waals surface area contributed by atoms with Crippen molar-refractivity contribution in [3.8, 4) is 0 Å². The van der Waals surface area contributed by atoms with Gasteiger partial charge < -0.3 is 21.5 Å². The minimum Gasteiger partial charge on any atom is -0.475 e. The molecule has 2 amide bonds. The number of carbonyl (C=O) groups is 4. The van der Waals surface area contributed by atoms with Gasteiger partial charge in [-0.1, -0.05) is 61.7 Å². The number of fused-ring (bicyclic) bond motifs is 1. The summed E-state index contributed by atoms with van der Waals surface area (Å²) in [6, 6.07) is 21.0. The average Bonchev–Trinajstić information content (AvgIpc) is 3.48. The van der Waals surface area contributed by atoms with Crippen LogP contribution in [0.25, 0.3) is 10.2 Å². The number of nitrogens with zero attached hydrogens (tertiary/aromatic N) is 1. The highest BCUT2D eigenvalue weighted by atomic mass is 32.1. The van der Waals surface area contributed by atoms with E-state index in [1.807, 2.05) is 48.5 Å². The molecule has 5 rings (SSSR count). The van der Waals surface area contributed by atoms with Crippen molar-refractivity contribution in [2.24, 2.45) is 11.7 Å². The predicted molar refractivity (Wildman–Crippen MR) is 168 cm³/mol. The maximum Gasteiger partial charge on any atom is 0.490 e. The summed E-state index contributed by atoms with van der Waals surface area (Å²) >= 11 is 1.25. The Morgan fingerprint density at radius 1 is 0.957 bits per heavy atom. The molecule has 0 bridgehead atoms. The fourth-order valence-electron chi connectivity index (χ4n) is 5.04. The Bertz CT molecular complexity index is 1670. The van der Waals surface area contributed by atoms with E-state index in [0.29, 0.717) is 46.2 Å². The summed E-state index contributed by atoms with van der Waals surface area (Å²) in [4.78, 5) is 52.9. The smallest absolute Gasteiger partial charge is 0.475 e. The minimum absolute atomic E-state index is 0.116. The van der Waals surface area contributed by atoms with E-state index in [4.69, 9.17) is 15.6 Å². The van der Waals surface area contributed by atoms with Crippen LogP contribution in [0.3, 0.4) is 0 Å². The lowest BCUT2D eigenvalue weighted by Gasteiger charge is -2.23. The van der Waals surface area contributed by atoms with Crippen molar-refractivity contribution in [1.29, 1.82) is 0 Å². The van der Waals surface area contributed by atoms with Crippen LogP contribution in [0.2, 0.25) is 0 Å². The van der Waals surface area contributed by atoms with Crippen molar-refractivity contribution >= 4 is 50.8 Å². The first-order valence-corrected chi connectivity index (χ1v) is 15.5. The fourth-order valence-corrected chi connectivity index (χ4v) is 6.02. The van der Waals surface area contributed by atoms with E-state index in [-0.39, 0.29) is 17.6 Å². The Hall–Kier alpha value is -4.62. The van der Waals surface area contributed by atoms with Gasteiger partial charge in [0.05, 0.1) is 10.2 Å². The standard InChI is InChI=1S/C31H32N4O3S.C2HF3O2/c32-19-21-11-13-22(14-12-21)28(35-27(36)17-20-7-3-1-4-8-20)29(37)31-34-25-16-15-24(18-26(25)39-31)33-30(38)23-9-5-2-6-10-23;3-2(4,5)1(6)7/h2,5-6,9-16,18,20,28H,1,3-4,7-8,17,19,32H2,(H,33,38)(H,35,36);(H,6,7). The predicted octanol–water partition coefficient (Wildman–Crippen LogP) is 6.65. The highest BCUT2D eigenvalue weighted by Gasteiger charge is 2.38. The summed E-state index contributed by atoms with van der Waals surface area (Å²) in [5, 5.41) is 13.3. The first kappa shape index (κ1) is 34.3. The van der Waals surface area contributed by atoms with Crippen LogP contribution in [-0.4, -0.2) is 39.8 Å². The minimum atomic E-state index is -5.08. The summed E-state index contributed by atoms with van der Waals surface area (Å²) in [7, 11) is 0. The largest absolute Gasteiger partial charge is 0.490 e. The van der Waals surface area contributed by atoms with E-state index in [0.717, 1.165) is 35.9 Å². The number of halogens is 3. The number of carbonyl (C=O) groups excluding carboxylic acids is 3. The van der Waals surface area contributed by atoms with Gasteiger partial charge in [-0.2, -0.15) is 13.2 Å². The number of anilines is 1. The number of carboxylic acid groups (broad SMARTS) is 1. The number of alkyl halides is 3. The number of benzene rings is 3. The molecule has 1 heterocycles. The zero-order chi connectivity index (χ0) is 33.3. The quantitative estimate of drug-likeness (QED) is 0.148. The molecule has 0 radical (unpaired) electrons. The second kappa shape index (κ2) is 15.6. The molecule has 9 nitrogen and oxygen atoms in total.